The Labute approximate surface area is 209 Å². The number of carbonyl (C=O) groups excluding carboxylic acids is 1. The van der Waals surface area contributed by atoms with Crippen LogP contribution in [0.1, 0.15) is 86.1 Å². The Morgan fingerprint density at radius 3 is 2.49 bits per heavy atom. The van der Waals surface area contributed by atoms with Crippen molar-refractivity contribution in [3.63, 3.8) is 0 Å². The molecule has 6 heteroatoms. The van der Waals surface area contributed by atoms with Crippen LogP contribution in [0.25, 0.3) is 0 Å². The summed E-state index contributed by atoms with van der Waals surface area (Å²) < 4.78 is 0. The van der Waals surface area contributed by atoms with E-state index in [1.165, 1.54) is 41.6 Å². The first kappa shape index (κ1) is 23.0. The molecule has 2 aliphatic carbocycles. The molecule has 3 fully saturated rings. The van der Waals surface area contributed by atoms with Crippen LogP contribution in [0.3, 0.4) is 0 Å². The number of hydrogen-bond donors (Lipinski definition) is 0. The average molecular weight is 474 g/mol. The van der Waals surface area contributed by atoms with E-state index < -0.39 is 0 Å². The van der Waals surface area contributed by atoms with Crippen LogP contribution < -0.4 is 4.90 Å². The maximum absolute atomic E-state index is 14.1. The number of aromatic nitrogens is 2. The van der Waals surface area contributed by atoms with Gasteiger partial charge < -0.3 is 9.80 Å². The number of rotatable bonds is 6. The van der Waals surface area contributed by atoms with Crippen LogP contribution in [-0.4, -0.2) is 71.0 Å². The van der Waals surface area contributed by atoms with Crippen LogP contribution in [-0.2, 0) is 11.2 Å². The molecule has 0 N–H and O–H groups in total. The van der Waals surface area contributed by atoms with Crippen molar-refractivity contribution in [3.8, 4) is 0 Å². The number of carbonyl (C=O) groups is 1. The van der Waals surface area contributed by atoms with Gasteiger partial charge in [-0.1, -0.05) is 38.1 Å². The second-order valence-electron chi connectivity index (χ2n) is 11.1. The van der Waals surface area contributed by atoms with Crippen molar-refractivity contribution < 1.29 is 4.79 Å². The van der Waals surface area contributed by atoms with E-state index in [1.807, 2.05) is 0 Å². The minimum atomic E-state index is -0.0689. The molecule has 3 atom stereocenters. The van der Waals surface area contributed by atoms with E-state index in [0.717, 1.165) is 70.3 Å². The minimum absolute atomic E-state index is 0.0689. The molecule has 6 rings (SSSR count). The smallest absolute Gasteiger partial charge is 0.231 e. The van der Waals surface area contributed by atoms with E-state index in [4.69, 9.17) is 4.98 Å². The predicted octanol–water partition coefficient (Wildman–Crippen LogP) is 4.32. The highest BCUT2D eigenvalue weighted by Gasteiger charge is 2.39. The second kappa shape index (κ2) is 9.53. The van der Waals surface area contributed by atoms with Gasteiger partial charge in [0.1, 0.15) is 12.1 Å². The van der Waals surface area contributed by atoms with Crippen molar-refractivity contribution in [2.75, 3.05) is 44.2 Å². The van der Waals surface area contributed by atoms with Crippen molar-refractivity contribution >= 4 is 11.7 Å². The Morgan fingerprint density at radius 2 is 1.77 bits per heavy atom. The fourth-order valence-electron chi connectivity index (χ4n) is 6.75. The summed E-state index contributed by atoms with van der Waals surface area (Å²) >= 11 is 0. The molecule has 1 amide bonds. The number of aryl methyl sites for hydroxylation is 1. The highest BCUT2D eigenvalue weighted by molar-refractivity contribution is 5.85. The topological polar surface area (TPSA) is 52.6 Å². The number of benzene rings is 1. The minimum Gasteiger partial charge on any atom is -0.353 e. The largest absolute Gasteiger partial charge is 0.353 e. The van der Waals surface area contributed by atoms with E-state index in [-0.39, 0.29) is 5.92 Å². The van der Waals surface area contributed by atoms with Gasteiger partial charge in [-0.25, -0.2) is 9.97 Å². The van der Waals surface area contributed by atoms with Crippen molar-refractivity contribution in [2.24, 2.45) is 0 Å². The Hall–Kier alpha value is -2.47. The van der Waals surface area contributed by atoms with Gasteiger partial charge in [0.15, 0.2) is 0 Å². The number of piperazine rings is 1. The summed E-state index contributed by atoms with van der Waals surface area (Å²) in [5.74, 6) is 2.62. The number of amides is 1. The zero-order valence-electron chi connectivity index (χ0n) is 21.3. The van der Waals surface area contributed by atoms with Crippen LogP contribution in [0.15, 0.2) is 30.6 Å². The third-order valence-electron chi connectivity index (χ3n) is 8.96. The second-order valence-corrected chi connectivity index (χ2v) is 11.1. The molecule has 1 saturated carbocycles. The molecule has 35 heavy (non-hydrogen) atoms. The van der Waals surface area contributed by atoms with Gasteiger partial charge in [-0.05, 0) is 74.6 Å². The molecule has 3 heterocycles. The summed E-state index contributed by atoms with van der Waals surface area (Å²) in [5, 5.41) is 0. The molecule has 1 aromatic carbocycles. The lowest BCUT2D eigenvalue weighted by molar-refractivity contribution is -0.134. The maximum atomic E-state index is 14.1. The van der Waals surface area contributed by atoms with Gasteiger partial charge in [-0.3, -0.25) is 9.69 Å². The SMILES string of the molecule is CCN1CCC[C@H]1[C@@H](C(=O)N1CCN(c2ncnc3c2[C@H](C)CC3)CC1)c1ccc(C2CC2)cc1. The summed E-state index contributed by atoms with van der Waals surface area (Å²) in [7, 11) is 0. The maximum Gasteiger partial charge on any atom is 0.231 e. The van der Waals surface area contributed by atoms with Gasteiger partial charge in [0.2, 0.25) is 5.91 Å². The third kappa shape index (κ3) is 4.35. The number of nitrogens with zero attached hydrogens (tertiary/aromatic N) is 5. The standard InChI is InChI=1S/C29H39N5O/c1-3-32-14-4-5-25(32)27(23-11-9-22(10-12-23)21-7-8-21)29(35)34-17-15-33(16-18-34)28-26-20(2)6-13-24(26)30-19-31-28/h9-12,19-21,25,27H,3-8,13-18H2,1-2H3/t20-,25+,27+/m1/s1. The number of likely N-dealkylation sites (N-methyl/N-ethyl adjacent to an activating group) is 1. The first-order chi connectivity index (χ1) is 17.1. The van der Waals surface area contributed by atoms with Gasteiger partial charge in [0, 0.05) is 43.5 Å². The molecule has 2 aliphatic heterocycles. The van der Waals surface area contributed by atoms with Crippen molar-refractivity contribution in [1.29, 1.82) is 0 Å². The Kier molecular flexibility index (Phi) is 6.25. The van der Waals surface area contributed by atoms with E-state index in [2.05, 4.69) is 57.8 Å². The van der Waals surface area contributed by atoms with Gasteiger partial charge in [-0.15, -0.1) is 0 Å². The normalized spacial score (nSPS) is 25.7. The predicted molar refractivity (Wildman–Crippen MR) is 139 cm³/mol. The number of hydrogen-bond acceptors (Lipinski definition) is 5. The molecule has 0 spiro atoms. The summed E-state index contributed by atoms with van der Waals surface area (Å²) in [4.78, 5) is 30.4. The third-order valence-corrected chi connectivity index (χ3v) is 8.96. The number of fused-ring (bicyclic) bond motifs is 1. The Bertz CT molecular complexity index is 1060. The quantitative estimate of drug-likeness (QED) is 0.625. The number of anilines is 1. The van der Waals surface area contributed by atoms with E-state index >= 15 is 0 Å². The highest BCUT2D eigenvalue weighted by atomic mass is 16.2. The fourth-order valence-corrected chi connectivity index (χ4v) is 6.75. The van der Waals surface area contributed by atoms with Gasteiger partial charge in [0.25, 0.3) is 0 Å². The molecule has 0 radical (unpaired) electrons. The lowest BCUT2D eigenvalue weighted by Crippen LogP contribution is -2.52. The zero-order chi connectivity index (χ0) is 23.9. The molecular weight excluding hydrogens is 434 g/mol. The molecule has 6 nitrogen and oxygen atoms in total. The Balaban J connectivity index is 1.20. The molecule has 0 bridgehead atoms. The van der Waals surface area contributed by atoms with Crippen LogP contribution in [0, 0.1) is 0 Å². The molecule has 186 valence electrons. The van der Waals surface area contributed by atoms with Crippen LogP contribution in [0.5, 0.6) is 0 Å². The van der Waals surface area contributed by atoms with Crippen molar-refractivity contribution in [2.45, 2.75) is 76.2 Å². The molecule has 1 aromatic heterocycles. The van der Waals surface area contributed by atoms with E-state index in [1.54, 1.807) is 6.33 Å². The first-order valence-corrected chi connectivity index (χ1v) is 13.9. The highest BCUT2D eigenvalue weighted by Crippen LogP contribution is 2.41. The molecule has 4 aliphatic rings. The Morgan fingerprint density at radius 1 is 1.00 bits per heavy atom. The van der Waals surface area contributed by atoms with Crippen LogP contribution in [0.4, 0.5) is 5.82 Å². The fraction of sp³-hybridized carbons (Fsp3) is 0.621. The molecule has 0 unspecified atom stereocenters. The molecule has 2 aromatic rings. The average Bonchev–Trinajstić information content (AvgIpc) is 3.53. The summed E-state index contributed by atoms with van der Waals surface area (Å²) in [6, 6.07) is 9.39. The van der Waals surface area contributed by atoms with E-state index in [0.29, 0.717) is 17.9 Å². The van der Waals surface area contributed by atoms with Gasteiger partial charge in [-0.2, -0.15) is 0 Å². The van der Waals surface area contributed by atoms with Crippen molar-refractivity contribution in [3.05, 3.63) is 53.0 Å². The van der Waals surface area contributed by atoms with Crippen molar-refractivity contribution in [1.82, 2.24) is 19.8 Å². The lowest BCUT2D eigenvalue weighted by atomic mass is 9.87. The van der Waals surface area contributed by atoms with Gasteiger partial charge >= 0.3 is 0 Å². The lowest BCUT2D eigenvalue weighted by Gasteiger charge is -2.40. The van der Waals surface area contributed by atoms with E-state index in [9.17, 15) is 4.79 Å². The molecule has 2 saturated heterocycles. The summed E-state index contributed by atoms with van der Waals surface area (Å²) in [6.07, 6.45) is 8.87. The summed E-state index contributed by atoms with van der Waals surface area (Å²) in [5.41, 5.74) is 5.20. The van der Waals surface area contributed by atoms with Gasteiger partial charge in [0.05, 0.1) is 5.92 Å². The van der Waals surface area contributed by atoms with Crippen LogP contribution in [0.2, 0.25) is 0 Å². The monoisotopic (exact) mass is 473 g/mol. The summed E-state index contributed by atoms with van der Waals surface area (Å²) in [6.45, 7) is 9.86. The van der Waals surface area contributed by atoms with Crippen LogP contribution >= 0.6 is 0 Å². The number of likely N-dealkylation sites (tertiary alicyclic amines) is 1. The zero-order valence-corrected chi connectivity index (χ0v) is 21.3. The first-order valence-electron chi connectivity index (χ1n) is 13.9. The molecular formula is C29H39N5O.